The zero-order valence-corrected chi connectivity index (χ0v) is 12.6. The van der Waals surface area contributed by atoms with Gasteiger partial charge in [0.1, 0.15) is 11.4 Å². The van der Waals surface area contributed by atoms with Crippen molar-refractivity contribution < 1.29 is 17.7 Å². The molecule has 0 unspecified atom stereocenters. The molecule has 0 saturated heterocycles. The Morgan fingerprint density at radius 2 is 2.14 bits per heavy atom. The van der Waals surface area contributed by atoms with E-state index in [0.717, 1.165) is 30.6 Å². The molecule has 1 aliphatic heterocycles. The van der Waals surface area contributed by atoms with E-state index in [1.807, 2.05) is 4.90 Å². The Morgan fingerprint density at radius 3 is 2.73 bits per heavy atom. The van der Waals surface area contributed by atoms with Crippen LogP contribution in [0, 0.1) is 4.91 Å². The van der Waals surface area contributed by atoms with Gasteiger partial charge in [-0.3, -0.25) is 4.55 Å². The van der Waals surface area contributed by atoms with Crippen molar-refractivity contribution in [3.8, 4) is 5.75 Å². The summed E-state index contributed by atoms with van der Waals surface area (Å²) in [6.45, 7) is 1.32. The van der Waals surface area contributed by atoms with Crippen molar-refractivity contribution in [1.82, 2.24) is 0 Å². The Balaban J connectivity index is 0.00000242. The van der Waals surface area contributed by atoms with Gasteiger partial charge in [-0.25, -0.2) is 0 Å². The van der Waals surface area contributed by atoms with Crippen molar-refractivity contribution in [2.45, 2.75) is 19.3 Å². The number of nitroso groups, excluding NO2 is 1. The van der Waals surface area contributed by atoms with Crippen molar-refractivity contribution in [2.75, 3.05) is 30.9 Å². The van der Waals surface area contributed by atoms with Crippen LogP contribution >= 0.6 is 0 Å². The molecule has 0 fully saturated rings. The molecule has 1 aromatic rings. The summed E-state index contributed by atoms with van der Waals surface area (Å²) in [6, 6.07) is 3.48. The predicted octanol–water partition coefficient (Wildman–Crippen LogP) is 1.48. The molecule has 0 aliphatic carbocycles. The molecule has 0 spiro atoms. The van der Waals surface area contributed by atoms with Gasteiger partial charge in [-0.05, 0) is 36.1 Å². The van der Waals surface area contributed by atoms with Gasteiger partial charge in [0.2, 0.25) is 0 Å². The summed E-state index contributed by atoms with van der Waals surface area (Å²) in [5.41, 5.74) is 2.21. The number of aryl methyl sites for hydroxylation is 1. The Labute approximate surface area is 152 Å². The fourth-order valence-electron chi connectivity index (χ4n) is 2.58. The SMILES string of the molecule is COc1cc2c(cc1N=O)CCCN2CCCS(=O)(=O)O.[NaH]. The fraction of sp³-hybridized carbons (Fsp3) is 0.538. The van der Waals surface area contributed by atoms with Crippen LogP contribution in [0.1, 0.15) is 18.4 Å². The summed E-state index contributed by atoms with van der Waals surface area (Å²) >= 11 is 0. The molecule has 1 heterocycles. The van der Waals surface area contributed by atoms with Crippen LogP contribution in [0.5, 0.6) is 5.75 Å². The number of hydrogen-bond acceptors (Lipinski definition) is 6. The molecular formula is C13H19N2NaO5S. The van der Waals surface area contributed by atoms with Crippen LogP contribution in [0.4, 0.5) is 11.4 Å². The molecule has 1 aromatic carbocycles. The third kappa shape index (κ3) is 4.92. The topological polar surface area (TPSA) is 96.3 Å². The minimum absolute atomic E-state index is 0. The van der Waals surface area contributed by atoms with Crippen LogP contribution in [-0.4, -0.2) is 68.5 Å². The van der Waals surface area contributed by atoms with E-state index in [4.69, 9.17) is 9.29 Å². The van der Waals surface area contributed by atoms with E-state index in [1.165, 1.54) is 7.11 Å². The summed E-state index contributed by atoms with van der Waals surface area (Å²) in [5.74, 6) is 0.148. The minimum atomic E-state index is -3.93. The zero-order valence-electron chi connectivity index (χ0n) is 11.8. The number of rotatable bonds is 6. The maximum absolute atomic E-state index is 10.8. The molecule has 9 heteroatoms. The Morgan fingerprint density at radius 1 is 1.41 bits per heavy atom. The second kappa shape index (κ2) is 8.26. The van der Waals surface area contributed by atoms with E-state index in [2.05, 4.69) is 5.18 Å². The van der Waals surface area contributed by atoms with E-state index >= 15 is 0 Å². The molecule has 0 radical (unpaired) electrons. The van der Waals surface area contributed by atoms with Crippen LogP contribution < -0.4 is 9.64 Å². The molecule has 0 bridgehead atoms. The van der Waals surface area contributed by atoms with Crippen LogP contribution in [0.25, 0.3) is 0 Å². The first-order chi connectivity index (χ1) is 9.94. The normalized spacial score (nSPS) is 14.0. The van der Waals surface area contributed by atoms with Crippen LogP contribution in [0.2, 0.25) is 0 Å². The van der Waals surface area contributed by atoms with Gasteiger partial charge in [-0.1, -0.05) is 0 Å². The van der Waals surface area contributed by atoms with Crippen LogP contribution in [0.15, 0.2) is 17.3 Å². The first-order valence-corrected chi connectivity index (χ1v) is 8.30. The van der Waals surface area contributed by atoms with Gasteiger partial charge in [-0.2, -0.15) is 8.42 Å². The molecule has 0 amide bonds. The zero-order chi connectivity index (χ0) is 15.5. The molecule has 7 nitrogen and oxygen atoms in total. The van der Waals surface area contributed by atoms with Gasteiger partial charge in [0.15, 0.2) is 0 Å². The van der Waals surface area contributed by atoms with E-state index in [-0.39, 0.29) is 41.0 Å². The summed E-state index contributed by atoms with van der Waals surface area (Å²) in [6.07, 6.45) is 2.11. The van der Waals surface area contributed by atoms with Gasteiger partial charge in [0, 0.05) is 24.8 Å². The molecule has 1 aliphatic rings. The van der Waals surface area contributed by atoms with Gasteiger partial charge in [0.25, 0.3) is 10.1 Å². The van der Waals surface area contributed by atoms with Gasteiger partial charge in [-0.15, -0.1) is 4.91 Å². The molecule has 118 valence electrons. The quantitative estimate of drug-likeness (QED) is 0.479. The number of anilines is 1. The first-order valence-electron chi connectivity index (χ1n) is 6.69. The average Bonchev–Trinajstić information content (AvgIpc) is 2.44. The number of benzene rings is 1. The third-order valence-electron chi connectivity index (χ3n) is 3.52. The number of nitrogens with zero attached hydrogens (tertiary/aromatic N) is 2. The Hall–Kier alpha value is -0.670. The van der Waals surface area contributed by atoms with Crippen molar-refractivity contribution in [3.05, 3.63) is 22.6 Å². The molecule has 1 N–H and O–H groups in total. The summed E-state index contributed by atoms with van der Waals surface area (Å²) in [7, 11) is -2.46. The van der Waals surface area contributed by atoms with E-state index in [0.29, 0.717) is 18.7 Å². The summed E-state index contributed by atoms with van der Waals surface area (Å²) < 4.78 is 35.5. The monoisotopic (exact) mass is 338 g/mol. The number of fused-ring (bicyclic) bond motifs is 1. The fourth-order valence-corrected chi connectivity index (χ4v) is 3.08. The number of hydrogen-bond donors (Lipinski definition) is 1. The number of ether oxygens (including phenoxy) is 1. The predicted molar refractivity (Wildman–Crippen MR) is 87.2 cm³/mol. The molecule has 22 heavy (non-hydrogen) atoms. The summed E-state index contributed by atoms with van der Waals surface area (Å²) in [5, 5.41) is 2.96. The van der Waals surface area contributed by atoms with E-state index in [1.54, 1.807) is 12.1 Å². The number of methoxy groups -OCH3 is 1. The van der Waals surface area contributed by atoms with Gasteiger partial charge < -0.3 is 9.64 Å². The Kier molecular flexibility index (Phi) is 7.27. The van der Waals surface area contributed by atoms with Crippen LogP contribution in [-0.2, 0) is 16.5 Å². The molecule has 2 rings (SSSR count). The molecule has 0 atom stereocenters. The second-order valence-electron chi connectivity index (χ2n) is 4.97. The standard InChI is InChI=1S/C13H18N2O5S.Na.H/c1-20-13-9-12-10(8-11(13)14-16)4-2-5-15(12)6-3-7-21(17,18)19;;/h8-9H,2-7H2,1H3,(H,17,18,19);;. The van der Waals surface area contributed by atoms with Crippen molar-refractivity contribution in [2.24, 2.45) is 5.18 Å². The average molecular weight is 338 g/mol. The summed E-state index contributed by atoms with van der Waals surface area (Å²) in [4.78, 5) is 12.8. The molecule has 0 saturated carbocycles. The maximum atomic E-state index is 10.8. The van der Waals surface area contributed by atoms with Gasteiger partial charge >= 0.3 is 29.6 Å². The van der Waals surface area contributed by atoms with E-state index < -0.39 is 10.1 Å². The van der Waals surface area contributed by atoms with Crippen molar-refractivity contribution in [1.29, 1.82) is 0 Å². The van der Waals surface area contributed by atoms with E-state index in [9.17, 15) is 13.3 Å². The Bertz CT molecular complexity index is 636. The van der Waals surface area contributed by atoms with Crippen LogP contribution in [0.3, 0.4) is 0 Å². The molecule has 0 aromatic heterocycles. The first kappa shape index (κ1) is 19.4. The van der Waals surface area contributed by atoms with Crippen molar-refractivity contribution in [3.63, 3.8) is 0 Å². The van der Waals surface area contributed by atoms with Crippen molar-refractivity contribution >= 4 is 51.1 Å². The third-order valence-corrected chi connectivity index (χ3v) is 4.33. The second-order valence-corrected chi connectivity index (χ2v) is 6.55. The van der Waals surface area contributed by atoms with Gasteiger partial charge in [0.05, 0.1) is 12.9 Å². The molecular weight excluding hydrogens is 319 g/mol.